The molecule has 0 saturated carbocycles. The lowest BCUT2D eigenvalue weighted by Gasteiger charge is -2.14. The molecule has 0 aromatic heterocycles. The second-order valence-corrected chi connectivity index (χ2v) is 5.99. The number of rotatable bonds is 8. The van der Waals surface area contributed by atoms with Gasteiger partial charge in [-0.15, -0.1) is 0 Å². The summed E-state index contributed by atoms with van der Waals surface area (Å²) in [5, 5.41) is 13.3. The van der Waals surface area contributed by atoms with E-state index in [1.807, 2.05) is 19.9 Å². The zero-order chi connectivity index (χ0) is 19.5. The zero-order valence-electron chi connectivity index (χ0n) is 15.1. The van der Waals surface area contributed by atoms with Crippen LogP contribution in [0, 0.1) is 17.2 Å². The van der Waals surface area contributed by atoms with Gasteiger partial charge in [0, 0.05) is 6.54 Å². The van der Waals surface area contributed by atoms with Crippen molar-refractivity contribution in [3.05, 3.63) is 29.8 Å². The fourth-order valence-corrected chi connectivity index (χ4v) is 1.80. The maximum absolute atomic E-state index is 11.8. The first-order chi connectivity index (χ1) is 12.3. The van der Waals surface area contributed by atoms with Crippen molar-refractivity contribution in [2.24, 2.45) is 5.92 Å². The molecule has 0 radical (unpaired) electrons. The summed E-state index contributed by atoms with van der Waals surface area (Å²) in [6, 6.07) is 7.55. The van der Waals surface area contributed by atoms with Gasteiger partial charge in [0.25, 0.3) is 5.91 Å². The Labute approximate surface area is 152 Å². The predicted molar refractivity (Wildman–Crippen MR) is 93.2 cm³/mol. The minimum absolute atomic E-state index is 0.391. The van der Waals surface area contributed by atoms with Gasteiger partial charge >= 0.3 is 12.0 Å². The van der Waals surface area contributed by atoms with Gasteiger partial charge in [0.15, 0.2) is 12.7 Å². The van der Waals surface area contributed by atoms with E-state index >= 15 is 0 Å². The summed E-state index contributed by atoms with van der Waals surface area (Å²) in [5.41, 5.74) is 0.468. The number of esters is 1. The Balaban J connectivity index is 2.32. The third-order valence-corrected chi connectivity index (χ3v) is 3.23. The van der Waals surface area contributed by atoms with E-state index in [-0.39, 0.29) is 0 Å². The number of hydrogen-bond donors (Lipinski definition) is 2. The van der Waals surface area contributed by atoms with Crippen molar-refractivity contribution >= 4 is 17.9 Å². The number of carbonyl (C=O) groups excluding carboxylic acids is 3. The molecule has 0 unspecified atom stereocenters. The Morgan fingerprint density at radius 1 is 1.15 bits per heavy atom. The van der Waals surface area contributed by atoms with Gasteiger partial charge < -0.3 is 14.8 Å². The topological polar surface area (TPSA) is 118 Å². The summed E-state index contributed by atoms with van der Waals surface area (Å²) >= 11 is 0. The Hall–Kier alpha value is -3.08. The van der Waals surface area contributed by atoms with E-state index in [0.29, 0.717) is 23.8 Å². The monoisotopic (exact) mass is 361 g/mol. The van der Waals surface area contributed by atoms with Crippen molar-refractivity contribution < 1.29 is 23.9 Å². The Kier molecular flexibility index (Phi) is 8.64. The van der Waals surface area contributed by atoms with Gasteiger partial charge in [-0.2, -0.15) is 5.26 Å². The lowest BCUT2D eigenvalue weighted by Crippen LogP contribution is -2.42. The fraction of sp³-hybridized carbons (Fsp3) is 0.444. The molecule has 0 aliphatic heterocycles. The zero-order valence-corrected chi connectivity index (χ0v) is 15.1. The molecule has 0 spiro atoms. The normalized spacial score (nSPS) is 11.2. The second kappa shape index (κ2) is 10.7. The fourth-order valence-electron chi connectivity index (χ4n) is 1.80. The van der Waals surface area contributed by atoms with Crippen LogP contribution in [0.3, 0.4) is 0 Å². The van der Waals surface area contributed by atoms with Crippen molar-refractivity contribution in [1.82, 2.24) is 10.6 Å². The van der Waals surface area contributed by atoms with Crippen molar-refractivity contribution in [1.29, 1.82) is 5.26 Å². The smallest absolute Gasteiger partial charge is 0.347 e. The molecule has 1 atom stereocenters. The number of nitriles is 1. The van der Waals surface area contributed by atoms with Gasteiger partial charge in [0.1, 0.15) is 5.75 Å². The summed E-state index contributed by atoms with van der Waals surface area (Å²) in [4.78, 5) is 34.9. The maximum Gasteiger partial charge on any atom is 0.347 e. The lowest BCUT2D eigenvalue weighted by atomic mass is 10.1. The minimum Gasteiger partial charge on any atom is -0.479 e. The summed E-state index contributed by atoms with van der Waals surface area (Å²) in [5.74, 6) is -0.650. The molecule has 26 heavy (non-hydrogen) atoms. The highest BCUT2D eigenvalue weighted by molar-refractivity contribution is 5.95. The maximum atomic E-state index is 11.8. The highest BCUT2D eigenvalue weighted by atomic mass is 16.6. The average Bonchev–Trinajstić information content (AvgIpc) is 2.59. The van der Waals surface area contributed by atoms with Crippen molar-refractivity contribution in [2.45, 2.75) is 33.3 Å². The van der Waals surface area contributed by atoms with Crippen LogP contribution in [0.15, 0.2) is 24.3 Å². The van der Waals surface area contributed by atoms with E-state index in [1.54, 1.807) is 24.3 Å². The molecular weight excluding hydrogens is 338 g/mol. The van der Waals surface area contributed by atoms with E-state index in [0.717, 1.165) is 6.42 Å². The number of carbonyl (C=O) groups is 3. The summed E-state index contributed by atoms with van der Waals surface area (Å²) in [6.07, 6.45) is -0.156. The molecule has 8 heteroatoms. The van der Waals surface area contributed by atoms with Crippen molar-refractivity contribution in [2.75, 3.05) is 13.2 Å². The van der Waals surface area contributed by atoms with Gasteiger partial charge in [-0.05, 0) is 43.5 Å². The van der Waals surface area contributed by atoms with Gasteiger partial charge in [-0.3, -0.25) is 10.1 Å². The molecule has 140 valence electrons. The minimum atomic E-state index is -0.949. The van der Waals surface area contributed by atoms with Crippen LogP contribution < -0.4 is 15.4 Å². The van der Waals surface area contributed by atoms with E-state index < -0.39 is 30.6 Å². The van der Waals surface area contributed by atoms with Crippen LogP contribution in [0.5, 0.6) is 5.75 Å². The molecular formula is C18H23N3O5. The summed E-state index contributed by atoms with van der Waals surface area (Å²) in [7, 11) is 0. The third-order valence-electron chi connectivity index (χ3n) is 3.23. The van der Waals surface area contributed by atoms with Crippen molar-refractivity contribution in [3.63, 3.8) is 0 Å². The number of amides is 3. The van der Waals surface area contributed by atoms with Crippen LogP contribution in [-0.2, 0) is 14.3 Å². The number of urea groups is 1. The molecule has 0 saturated heterocycles. The Morgan fingerprint density at radius 2 is 1.81 bits per heavy atom. The van der Waals surface area contributed by atoms with E-state index in [9.17, 15) is 14.4 Å². The van der Waals surface area contributed by atoms with E-state index in [2.05, 4.69) is 10.6 Å². The molecule has 0 bridgehead atoms. The molecule has 1 aromatic rings. The average molecular weight is 361 g/mol. The number of hydrogen-bond acceptors (Lipinski definition) is 6. The second-order valence-electron chi connectivity index (χ2n) is 5.99. The molecule has 2 N–H and O–H groups in total. The number of nitrogens with zero attached hydrogens (tertiary/aromatic N) is 1. The molecule has 0 aliphatic rings. The van der Waals surface area contributed by atoms with E-state index in [4.69, 9.17) is 14.7 Å². The first kappa shape index (κ1) is 21.0. The first-order valence-corrected chi connectivity index (χ1v) is 8.23. The van der Waals surface area contributed by atoms with Crippen LogP contribution in [0.25, 0.3) is 0 Å². The predicted octanol–water partition coefficient (Wildman–Crippen LogP) is 1.74. The summed E-state index contributed by atoms with van der Waals surface area (Å²) in [6.45, 7) is 5.37. The number of imide groups is 1. The highest BCUT2D eigenvalue weighted by Crippen LogP contribution is 2.13. The number of benzene rings is 1. The summed E-state index contributed by atoms with van der Waals surface area (Å²) < 4.78 is 10.2. The Bertz CT molecular complexity index is 664. The molecule has 1 aromatic carbocycles. The van der Waals surface area contributed by atoms with Crippen LogP contribution >= 0.6 is 0 Å². The quantitative estimate of drug-likeness (QED) is 0.681. The number of ether oxygens (including phenoxy) is 2. The van der Waals surface area contributed by atoms with Crippen LogP contribution in [0.4, 0.5) is 4.79 Å². The standard InChI is InChI=1S/C18H23N3O5/c1-12(2)8-9-20-18(24)21-16(22)11-25-17(23)13(3)26-15-6-4-14(10-19)5-7-15/h4-7,12-13H,8-9,11H2,1-3H3,(H2,20,21,22,24)/t13-/m0/s1. The first-order valence-electron chi connectivity index (χ1n) is 8.23. The van der Waals surface area contributed by atoms with Crippen LogP contribution in [-0.4, -0.2) is 37.2 Å². The highest BCUT2D eigenvalue weighted by Gasteiger charge is 2.18. The van der Waals surface area contributed by atoms with Gasteiger partial charge in [-0.25, -0.2) is 9.59 Å². The molecule has 0 fully saturated rings. The lowest BCUT2D eigenvalue weighted by molar-refractivity contribution is -0.154. The van der Waals surface area contributed by atoms with Gasteiger partial charge in [-0.1, -0.05) is 13.8 Å². The molecule has 0 aliphatic carbocycles. The van der Waals surface area contributed by atoms with Crippen molar-refractivity contribution in [3.8, 4) is 11.8 Å². The van der Waals surface area contributed by atoms with Crippen LogP contribution in [0.2, 0.25) is 0 Å². The van der Waals surface area contributed by atoms with Crippen LogP contribution in [0.1, 0.15) is 32.8 Å². The molecule has 3 amide bonds. The van der Waals surface area contributed by atoms with Gasteiger partial charge in [0.05, 0.1) is 11.6 Å². The van der Waals surface area contributed by atoms with Gasteiger partial charge in [0.2, 0.25) is 0 Å². The molecule has 8 nitrogen and oxygen atoms in total. The SMILES string of the molecule is CC(C)CCNC(=O)NC(=O)COC(=O)[C@H](C)Oc1ccc(C#N)cc1. The molecule has 0 heterocycles. The van der Waals surface area contributed by atoms with E-state index in [1.165, 1.54) is 6.92 Å². The third kappa shape index (κ3) is 8.15. The largest absolute Gasteiger partial charge is 0.479 e. The Morgan fingerprint density at radius 3 is 2.38 bits per heavy atom. The number of nitrogens with one attached hydrogen (secondary N) is 2. The molecule has 1 rings (SSSR count).